The molecule has 2 rings (SSSR count). The van der Waals surface area contributed by atoms with Crippen LogP contribution in [0, 0.1) is 0 Å². The molecule has 0 spiro atoms. The Labute approximate surface area is 182 Å². The van der Waals surface area contributed by atoms with Gasteiger partial charge in [0, 0.05) is 17.1 Å². The van der Waals surface area contributed by atoms with E-state index in [1.165, 1.54) is 12.3 Å². The summed E-state index contributed by atoms with van der Waals surface area (Å²) in [6.45, 7) is 19.2. The maximum Gasteiger partial charge on any atom is 0 e. The smallest absolute Gasteiger partial charge is 0 e. The van der Waals surface area contributed by atoms with E-state index in [0.717, 1.165) is 22.6 Å². The molecule has 27 heavy (non-hydrogen) atoms. The van der Waals surface area contributed by atoms with Crippen LogP contribution >= 0.6 is 15.8 Å². The quantitative estimate of drug-likeness (QED) is 0.217. The molecule has 2 aromatic rings. The van der Waals surface area contributed by atoms with Gasteiger partial charge in [0.1, 0.15) is 0 Å². The Balaban J connectivity index is 0.000000969. The van der Waals surface area contributed by atoms with E-state index >= 15 is 0 Å². The van der Waals surface area contributed by atoms with Gasteiger partial charge in [-0.3, -0.25) is 0 Å². The molecule has 3 heteroatoms. The third kappa shape index (κ3) is 10.4. The minimum absolute atomic E-state index is 0. The number of rotatable bonds is 8. The molecule has 0 aliphatic carbocycles. The largest absolute Gasteiger partial charge is 0.748 e. The van der Waals surface area contributed by atoms with E-state index in [-0.39, 0.29) is 32.9 Å². The molecule has 0 saturated carbocycles. The molecule has 0 unspecified atom stereocenters. The summed E-state index contributed by atoms with van der Waals surface area (Å²) in [5, 5.41) is 0. The summed E-state index contributed by atoms with van der Waals surface area (Å²) in [4.78, 5) is 0. The zero-order valence-electron chi connectivity index (χ0n) is 18.6. The van der Waals surface area contributed by atoms with Crippen molar-refractivity contribution in [2.45, 2.75) is 90.3 Å². The van der Waals surface area contributed by atoms with Crippen LogP contribution in [0.2, 0.25) is 0 Å². The van der Waals surface area contributed by atoms with Gasteiger partial charge in [-0.15, -0.1) is 15.8 Å². The molecule has 0 bridgehead atoms. The first kappa shape index (κ1) is 27.1. The molecular weight excluding hydrogens is 406 g/mol. The Hall–Kier alpha value is 0.0795. The van der Waals surface area contributed by atoms with Crippen LogP contribution in [-0.2, 0) is 29.4 Å². The molecule has 0 radical (unpaired) electrons. The van der Waals surface area contributed by atoms with Gasteiger partial charge in [0.2, 0.25) is 0 Å². The zero-order valence-corrected chi connectivity index (χ0v) is 21.5. The second-order valence-corrected chi connectivity index (χ2v) is 15.1. The molecule has 0 atom stereocenters. The SMILES string of the molecule is CC(C)P(Cc1cc[c-](CP(C(C)C)C(C)C)c1)C(C)C.[Fe].[cH-]1[cH-][cH-][cH-][cH-]1. The predicted octanol–water partition coefficient (Wildman–Crippen LogP) is 8.41. The molecule has 0 fully saturated rings. The van der Waals surface area contributed by atoms with E-state index in [2.05, 4.69) is 73.6 Å². The first-order chi connectivity index (χ1) is 12.2. The number of hydrogen-bond acceptors (Lipinski definition) is 0. The molecule has 0 nitrogen and oxygen atoms in total. The van der Waals surface area contributed by atoms with E-state index < -0.39 is 0 Å². The molecule has 0 amide bonds. The fourth-order valence-electron chi connectivity index (χ4n) is 3.41. The summed E-state index contributed by atoms with van der Waals surface area (Å²) >= 11 is 0. The Morgan fingerprint density at radius 3 is 1.52 bits per heavy atom. The average Bonchev–Trinajstić information content (AvgIpc) is 3.23. The monoisotopic (exact) mass is 446 g/mol. The normalized spacial score (nSPS) is 11.5. The van der Waals surface area contributed by atoms with Gasteiger partial charge in [0.05, 0.1) is 0 Å². The first-order valence-corrected chi connectivity index (χ1v) is 13.5. The van der Waals surface area contributed by atoms with Crippen molar-refractivity contribution >= 4 is 15.8 Å². The standard InChI is InChI=1S/C19H35P2.C5H5.Fe/c1-14(2)20(15(3)4)12-18-9-10-19(11-18)13-21(16(5)6)17(7)8;1-2-4-5-3-1;/h9-11,14-17H,12-13H2,1-8H3;1-5H;/q-1;-5;. The maximum atomic E-state index is 2.50. The second-order valence-electron chi connectivity index (χ2n) is 8.31. The van der Waals surface area contributed by atoms with Gasteiger partial charge in [-0.2, -0.15) is 23.3 Å². The van der Waals surface area contributed by atoms with Crippen LogP contribution in [0.4, 0.5) is 0 Å². The van der Waals surface area contributed by atoms with Gasteiger partial charge in [-0.05, 0) is 22.6 Å². The summed E-state index contributed by atoms with van der Waals surface area (Å²) in [6, 6.07) is 17.3. The van der Waals surface area contributed by atoms with E-state index in [4.69, 9.17) is 0 Å². The third-order valence-corrected chi connectivity index (χ3v) is 11.6. The van der Waals surface area contributed by atoms with Crippen LogP contribution in [0.15, 0.2) is 48.5 Å². The van der Waals surface area contributed by atoms with E-state index in [0.29, 0.717) is 0 Å². The van der Waals surface area contributed by atoms with Crippen molar-refractivity contribution in [3.63, 3.8) is 0 Å². The van der Waals surface area contributed by atoms with Gasteiger partial charge in [-0.1, -0.05) is 67.7 Å². The van der Waals surface area contributed by atoms with Crippen LogP contribution in [-0.4, -0.2) is 22.6 Å². The summed E-state index contributed by atoms with van der Waals surface area (Å²) in [6.07, 6.45) is 2.62. The Morgan fingerprint density at radius 1 is 0.741 bits per heavy atom. The van der Waals surface area contributed by atoms with Gasteiger partial charge in [0.25, 0.3) is 0 Å². The predicted molar refractivity (Wildman–Crippen MR) is 126 cm³/mol. The van der Waals surface area contributed by atoms with Crippen molar-refractivity contribution < 1.29 is 17.1 Å². The van der Waals surface area contributed by atoms with E-state index in [9.17, 15) is 0 Å². The van der Waals surface area contributed by atoms with Gasteiger partial charge in [0.15, 0.2) is 0 Å². The Morgan fingerprint density at radius 2 is 1.15 bits per heavy atom. The van der Waals surface area contributed by atoms with Crippen LogP contribution < -0.4 is 0 Å². The fraction of sp³-hybridized carbons (Fsp3) is 0.583. The Kier molecular flexibility index (Phi) is 14.2. The van der Waals surface area contributed by atoms with Crippen LogP contribution in [0.3, 0.4) is 0 Å². The second kappa shape index (κ2) is 14.1. The van der Waals surface area contributed by atoms with E-state index in [1.54, 1.807) is 11.1 Å². The summed E-state index contributed by atoms with van der Waals surface area (Å²) in [5.41, 5.74) is 6.51. The van der Waals surface area contributed by atoms with E-state index in [1.807, 2.05) is 30.3 Å². The first-order valence-electron chi connectivity index (χ1n) is 10.1. The minimum atomic E-state index is 0. The van der Waals surface area contributed by atoms with Crippen molar-refractivity contribution in [1.29, 1.82) is 0 Å². The van der Waals surface area contributed by atoms with Crippen molar-refractivity contribution in [3.05, 3.63) is 59.7 Å². The van der Waals surface area contributed by atoms with Crippen molar-refractivity contribution in [2.24, 2.45) is 0 Å². The summed E-state index contributed by atoms with van der Waals surface area (Å²) in [5.74, 6) is 0. The molecule has 0 heterocycles. The number of hydrogen-bond donors (Lipinski definition) is 0. The topological polar surface area (TPSA) is 0 Å². The Bertz CT molecular complexity index is 497. The maximum absolute atomic E-state index is 2.50. The molecule has 160 valence electrons. The third-order valence-electron chi connectivity index (χ3n) is 4.82. The minimum Gasteiger partial charge on any atom is -0.748 e. The summed E-state index contributed by atoms with van der Waals surface area (Å²) < 4.78 is 0. The van der Waals surface area contributed by atoms with Crippen LogP contribution in [0.25, 0.3) is 0 Å². The molecule has 0 N–H and O–H groups in total. The van der Waals surface area contributed by atoms with Crippen molar-refractivity contribution in [1.82, 2.24) is 0 Å². The molecule has 0 saturated heterocycles. The van der Waals surface area contributed by atoms with Crippen molar-refractivity contribution in [3.8, 4) is 0 Å². The molecular formula is C24H40FeP2-6. The van der Waals surface area contributed by atoms with Crippen LogP contribution in [0.5, 0.6) is 0 Å². The van der Waals surface area contributed by atoms with Gasteiger partial charge < -0.3 is 30.3 Å². The molecule has 0 aromatic heterocycles. The zero-order chi connectivity index (χ0) is 19.7. The summed E-state index contributed by atoms with van der Waals surface area (Å²) in [7, 11) is 0.237. The molecule has 0 aliphatic rings. The molecule has 2 aromatic carbocycles. The fourth-order valence-corrected chi connectivity index (χ4v) is 8.49. The average molecular weight is 446 g/mol. The van der Waals surface area contributed by atoms with Crippen molar-refractivity contribution in [2.75, 3.05) is 0 Å². The van der Waals surface area contributed by atoms with Gasteiger partial charge in [-0.25, -0.2) is 6.07 Å². The molecule has 0 aliphatic heterocycles. The van der Waals surface area contributed by atoms with Gasteiger partial charge >= 0.3 is 0 Å². The van der Waals surface area contributed by atoms with Crippen LogP contribution in [0.1, 0.15) is 66.5 Å².